The van der Waals surface area contributed by atoms with Crippen molar-refractivity contribution in [2.75, 3.05) is 0 Å². The quantitative estimate of drug-likeness (QED) is 0.862. The third-order valence-corrected chi connectivity index (χ3v) is 4.98. The van der Waals surface area contributed by atoms with Gasteiger partial charge in [-0.1, -0.05) is 30.0 Å². The minimum atomic E-state index is 0.334. The normalized spacial score (nSPS) is 13.9. The molecule has 1 aromatic heterocycles. The first-order valence-corrected chi connectivity index (χ1v) is 8.55. The summed E-state index contributed by atoms with van der Waals surface area (Å²) in [6.45, 7) is 4.72. The lowest BCUT2D eigenvalue weighted by Crippen LogP contribution is -2.11. The fraction of sp³-hybridized carbons (Fsp3) is 0.500. The number of aryl methyl sites for hydroxylation is 2. The summed E-state index contributed by atoms with van der Waals surface area (Å²) in [7, 11) is 0. The van der Waals surface area contributed by atoms with E-state index in [9.17, 15) is 0 Å². The van der Waals surface area contributed by atoms with Gasteiger partial charge in [-0.05, 0) is 49.8 Å². The van der Waals surface area contributed by atoms with E-state index in [0.29, 0.717) is 12.6 Å². The lowest BCUT2D eigenvalue weighted by molar-refractivity contribution is 0.526. The smallest absolute Gasteiger partial charge is 0.191 e. The molecule has 1 heterocycles. The molecule has 0 aliphatic heterocycles. The molecule has 4 nitrogen and oxygen atoms in total. The average Bonchev–Trinajstić information content (AvgIpc) is 3.10. The van der Waals surface area contributed by atoms with E-state index in [2.05, 4.69) is 46.8 Å². The van der Waals surface area contributed by atoms with Crippen LogP contribution in [0.2, 0.25) is 0 Å². The van der Waals surface area contributed by atoms with Crippen molar-refractivity contribution in [3.63, 3.8) is 0 Å². The molecule has 0 saturated carbocycles. The molecule has 0 unspecified atom stereocenters. The maximum atomic E-state index is 5.74. The summed E-state index contributed by atoms with van der Waals surface area (Å²) < 4.78 is 2.14. The molecule has 2 aromatic rings. The monoisotopic (exact) mass is 302 g/mol. The Morgan fingerprint density at radius 3 is 2.81 bits per heavy atom. The van der Waals surface area contributed by atoms with Crippen LogP contribution >= 0.6 is 11.8 Å². The van der Waals surface area contributed by atoms with Crippen LogP contribution in [0.15, 0.2) is 23.4 Å². The first kappa shape index (κ1) is 14.6. The summed E-state index contributed by atoms with van der Waals surface area (Å²) in [4.78, 5) is 0. The highest BCUT2D eigenvalue weighted by atomic mass is 32.2. The molecule has 1 aliphatic carbocycles. The molecule has 3 rings (SSSR count). The van der Waals surface area contributed by atoms with Gasteiger partial charge < -0.3 is 10.3 Å². The number of hydrogen-bond donors (Lipinski definition) is 1. The number of hydrogen-bond acceptors (Lipinski definition) is 4. The van der Waals surface area contributed by atoms with Crippen LogP contribution in [0.4, 0.5) is 0 Å². The summed E-state index contributed by atoms with van der Waals surface area (Å²) in [6, 6.07) is 7.23. The zero-order chi connectivity index (χ0) is 14.8. The number of fused-ring (bicyclic) bond motifs is 1. The van der Waals surface area contributed by atoms with Crippen LogP contribution in [0.1, 0.15) is 48.8 Å². The third-order valence-electron chi connectivity index (χ3n) is 3.96. The van der Waals surface area contributed by atoms with E-state index in [4.69, 9.17) is 5.73 Å². The zero-order valence-corrected chi connectivity index (χ0v) is 13.5. The highest BCUT2D eigenvalue weighted by Gasteiger charge is 2.15. The van der Waals surface area contributed by atoms with Gasteiger partial charge in [-0.3, -0.25) is 0 Å². The van der Waals surface area contributed by atoms with E-state index < -0.39 is 0 Å². The van der Waals surface area contributed by atoms with Gasteiger partial charge in [0.25, 0.3) is 0 Å². The van der Waals surface area contributed by atoms with Crippen molar-refractivity contribution in [2.45, 2.75) is 56.6 Å². The number of aromatic nitrogens is 3. The Balaban J connectivity index is 1.74. The third kappa shape index (κ3) is 2.99. The fourth-order valence-corrected chi connectivity index (χ4v) is 3.96. The molecule has 112 valence electrons. The minimum absolute atomic E-state index is 0.334. The van der Waals surface area contributed by atoms with Gasteiger partial charge in [0.1, 0.15) is 5.82 Å². The van der Waals surface area contributed by atoms with Crippen molar-refractivity contribution >= 4 is 11.8 Å². The molecular weight excluding hydrogens is 280 g/mol. The van der Waals surface area contributed by atoms with E-state index in [1.807, 2.05) is 0 Å². The van der Waals surface area contributed by atoms with E-state index in [1.54, 1.807) is 11.8 Å². The molecule has 0 atom stereocenters. The van der Waals surface area contributed by atoms with Gasteiger partial charge in [0.2, 0.25) is 0 Å². The summed E-state index contributed by atoms with van der Waals surface area (Å²) in [6.07, 6.45) is 3.77. The highest BCUT2D eigenvalue weighted by Crippen LogP contribution is 2.28. The van der Waals surface area contributed by atoms with E-state index >= 15 is 0 Å². The summed E-state index contributed by atoms with van der Waals surface area (Å²) >= 11 is 1.74. The molecule has 0 radical (unpaired) electrons. The first-order chi connectivity index (χ1) is 10.2. The second-order valence-electron chi connectivity index (χ2n) is 5.81. The van der Waals surface area contributed by atoms with E-state index in [0.717, 1.165) is 16.7 Å². The van der Waals surface area contributed by atoms with Crippen molar-refractivity contribution in [1.29, 1.82) is 0 Å². The van der Waals surface area contributed by atoms with E-state index in [-0.39, 0.29) is 0 Å². The summed E-state index contributed by atoms with van der Waals surface area (Å²) in [5, 5.41) is 9.45. The second kappa shape index (κ2) is 6.20. The van der Waals surface area contributed by atoms with Crippen LogP contribution in [0, 0.1) is 0 Å². The maximum absolute atomic E-state index is 5.74. The fourth-order valence-electron chi connectivity index (χ4n) is 2.93. The van der Waals surface area contributed by atoms with Crippen LogP contribution in [-0.4, -0.2) is 14.8 Å². The van der Waals surface area contributed by atoms with Crippen LogP contribution in [0.25, 0.3) is 0 Å². The van der Waals surface area contributed by atoms with Gasteiger partial charge in [-0.15, -0.1) is 10.2 Å². The maximum Gasteiger partial charge on any atom is 0.191 e. The van der Waals surface area contributed by atoms with Crippen molar-refractivity contribution in [2.24, 2.45) is 5.73 Å². The Morgan fingerprint density at radius 2 is 2.05 bits per heavy atom. The lowest BCUT2D eigenvalue weighted by atomic mass is 10.1. The molecule has 1 aliphatic rings. The first-order valence-electron chi connectivity index (χ1n) is 7.56. The Hall–Kier alpha value is -1.33. The number of thioether (sulfide) groups is 1. The topological polar surface area (TPSA) is 56.7 Å². The van der Waals surface area contributed by atoms with Crippen molar-refractivity contribution in [3.05, 3.63) is 40.7 Å². The molecule has 21 heavy (non-hydrogen) atoms. The number of rotatable bonds is 5. The molecule has 0 fully saturated rings. The molecule has 2 N–H and O–H groups in total. The molecular formula is C16H22N4S. The van der Waals surface area contributed by atoms with Gasteiger partial charge in [0.05, 0.1) is 6.54 Å². The zero-order valence-electron chi connectivity index (χ0n) is 12.7. The lowest BCUT2D eigenvalue weighted by Gasteiger charge is -2.13. The van der Waals surface area contributed by atoms with Gasteiger partial charge >= 0.3 is 0 Å². The minimum Gasteiger partial charge on any atom is -0.324 e. The molecule has 5 heteroatoms. The highest BCUT2D eigenvalue weighted by molar-refractivity contribution is 7.98. The Morgan fingerprint density at radius 1 is 1.24 bits per heavy atom. The van der Waals surface area contributed by atoms with Gasteiger partial charge in [-0.2, -0.15) is 0 Å². The number of nitrogens with two attached hydrogens (primary N) is 1. The Kier molecular flexibility index (Phi) is 4.31. The Bertz CT molecular complexity index is 633. The summed E-state index contributed by atoms with van der Waals surface area (Å²) in [5.41, 5.74) is 10.2. The average molecular weight is 302 g/mol. The number of nitrogens with zero attached hydrogens (tertiary/aromatic N) is 3. The largest absolute Gasteiger partial charge is 0.324 e. The van der Waals surface area contributed by atoms with Gasteiger partial charge in [-0.25, -0.2) is 0 Å². The van der Waals surface area contributed by atoms with Gasteiger partial charge in [0, 0.05) is 11.8 Å². The van der Waals surface area contributed by atoms with Crippen LogP contribution in [-0.2, 0) is 25.1 Å². The molecule has 0 bridgehead atoms. The van der Waals surface area contributed by atoms with Crippen molar-refractivity contribution in [3.8, 4) is 0 Å². The van der Waals surface area contributed by atoms with Crippen LogP contribution in [0.5, 0.6) is 0 Å². The molecule has 1 aromatic carbocycles. The van der Waals surface area contributed by atoms with Crippen LogP contribution in [0.3, 0.4) is 0 Å². The molecule has 0 amide bonds. The number of benzene rings is 1. The SMILES string of the molecule is CC(C)n1c(CN)nnc1SCc1ccc2c(c1)CCC2. The van der Waals surface area contributed by atoms with Crippen LogP contribution < -0.4 is 5.73 Å². The predicted molar refractivity (Wildman–Crippen MR) is 86.3 cm³/mol. The second-order valence-corrected chi connectivity index (χ2v) is 6.75. The van der Waals surface area contributed by atoms with Gasteiger partial charge in [0.15, 0.2) is 5.16 Å². The summed E-state index contributed by atoms with van der Waals surface area (Å²) in [5.74, 6) is 1.80. The van der Waals surface area contributed by atoms with E-state index in [1.165, 1.54) is 36.0 Å². The molecule has 0 saturated heterocycles. The predicted octanol–water partition coefficient (Wildman–Crippen LogP) is 3.10. The Labute approximate surface area is 130 Å². The van der Waals surface area contributed by atoms with Crippen molar-refractivity contribution in [1.82, 2.24) is 14.8 Å². The van der Waals surface area contributed by atoms with Crippen molar-refractivity contribution < 1.29 is 0 Å². The molecule has 0 spiro atoms. The standard InChI is InChI=1S/C16H22N4S/c1-11(2)20-15(9-17)18-19-16(20)21-10-12-6-7-13-4-3-5-14(13)8-12/h6-8,11H,3-5,9-10,17H2,1-2H3.